The van der Waals surface area contributed by atoms with E-state index in [0.717, 1.165) is 27.6 Å². The van der Waals surface area contributed by atoms with Gasteiger partial charge in [-0.2, -0.15) is 4.98 Å². The van der Waals surface area contributed by atoms with Crippen LogP contribution in [-0.4, -0.2) is 36.6 Å². The molecule has 150 valence electrons. The number of nitrogens with zero attached hydrogens (tertiary/aromatic N) is 5. The lowest BCUT2D eigenvalue weighted by Gasteiger charge is -2.22. The highest BCUT2D eigenvalue weighted by Crippen LogP contribution is 2.20. The minimum Gasteiger partial charge on any atom is -0.467 e. The molecule has 7 nitrogen and oxygen atoms in total. The average molecular weight is 428 g/mol. The van der Waals surface area contributed by atoms with Gasteiger partial charge in [0.2, 0.25) is 11.1 Å². The fraction of sp³-hybridized carbons (Fsp3) is 0.300. The summed E-state index contributed by atoms with van der Waals surface area (Å²) in [7, 11) is 0. The molecule has 0 aliphatic heterocycles. The van der Waals surface area contributed by atoms with Crippen LogP contribution in [0.5, 0.6) is 0 Å². The summed E-state index contributed by atoms with van der Waals surface area (Å²) in [5.41, 5.74) is 2.58. The number of hydrogen-bond acceptors (Lipinski definition) is 7. The van der Waals surface area contributed by atoms with Crippen molar-refractivity contribution in [2.24, 2.45) is 0 Å². The van der Waals surface area contributed by atoms with Gasteiger partial charge in [0.1, 0.15) is 5.76 Å². The zero-order valence-corrected chi connectivity index (χ0v) is 18.1. The summed E-state index contributed by atoms with van der Waals surface area (Å²) in [4.78, 5) is 25.2. The maximum absolute atomic E-state index is 13.3. The number of fused-ring (bicyclic) bond motifs is 1. The van der Waals surface area contributed by atoms with Crippen LogP contribution in [0.4, 0.5) is 0 Å². The Hall–Kier alpha value is -2.65. The topological polar surface area (TPSA) is 76.5 Å². The van der Waals surface area contributed by atoms with E-state index >= 15 is 0 Å². The van der Waals surface area contributed by atoms with Crippen molar-refractivity contribution >= 4 is 34.8 Å². The van der Waals surface area contributed by atoms with Crippen molar-refractivity contribution in [3.8, 4) is 0 Å². The molecule has 1 amide bonds. The van der Waals surface area contributed by atoms with Gasteiger partial charge in [0.25, 0.3) is 5.78 Å². The number of thioether (sulfide) groups is 1. The van der Waals surface area contributed by atoms with Gasteiger partial charge in [0.15, 0.2) is 0 Å². The van der Waals surface area contributed by atoms with Crippen LogP contribution < -0.4 is 0 Å². The van der Waals surface area contributed by atoms with Gasteiger partial charge in [0, 0.05) is 21.8 Å². The molecule has 4 heterocycles. The highest BCUT2D eigenvalue weighted by molar-refractivity contribution is 7.98. The standard InChI is InChI=1S/C20H21N5O2S2/c1-13-17(14(2)25-19(21-13)22-20(23-25)28-3)10-18(26)24(11-15-6-4-8-27-15)12-16-7-5-9-29-16/h4-9H,10-12H2,1-3H3. The van der Waals surface area contributed by atoms with E-state index in [4.69, 9.17) is 4.42 Å². The quantitative estimate of drug-likeness (QED) is 0.417. The maximum Gasteiger partial charge on any atom is 0.253 e. The predicted molar refractivity (Wildman–Crippen MR) is 113 cm³/mol. The normalized spacial score (nSPS) is 11.3. The smallest absolute Gasteiger partial charge is 0.253 e. The minimum absolute atomic E-state index is 0.0207. The minimum atomic E-state index is 0.0207. The summed E-state index contributed by atoms with van der Waals surface area (Å²) in [5.74, 6) is 1.34. The molecular weight excluding hydrogens is 406 g/mol. The summed E-state index contributed by atoms with van der Waals surface area (Å²) >= 11 is 3.11. The van der Waals surface area contributed by atoms with Crippen LogP contribution in [0, 0.1) is 13.8 Å². The highest BCUT2D eigenvalue weighted by atomic mass is 32.2. The zero-order valence-electron chi connectivity index (χ0n) is 16.5. The van der Waals surface area contributed by atoms with Crippen molar-refractivity contribution < 1.29 is 9.21 Å². The molecule has 0 aliphatic carbocycles. The SMILES string of the molecule is CSc1nc2nc(C)c(CC(=O)N(Cc3ccco3)Cc3cccs3)c(C)n2n1. The van der Waals surface area contributed by atoms with E-state index < -0.39 is 0 Å². The Morgan fingerprint density at radius 3 is 2.79 bits per heavy atom. The molecule has 0 saturated heterocycles. The molecule has 9 heteroatoms. The number of furan rings is 1. The van der Waals surface area contributed by atoms with Crippen molar-refractivity contribution in [2.45, 2.75) is 38.5 Å². The van der Waals surface area contributed by atoms with Gasteiger partial charge in [-0.15, -0.1) is 16.4 Å². The first-order chi connectivity index (χ1) is 14.0. The van der Waals surface area contributed by atoms with Crippen LogP contribution in [0.15, 0.2) is 45.5 Å². The lowest BCUT2D eigenvalue weighted by atomic mass is 10.1. The van der Waals surface area contributed by atoms with Crippen LogP contribution in [0.3, 0.4) is 0 Å². The summed E-state index contributed by atoms with van der Waals surface area (Å²) in [6.45, 7) is 4.85. The number of amides is 1. The summed E-state index contributed by atoms with van der Waals surface area (Å²) in [5, 5.41) is 7.16. The molecule has 0 spiro atoms. The van der Waals surface area contributed by atoms with E-state index in [1.165, 1.54) is 11.8 Å². The molecule has 0 unspecified atom stereocenters. The van der Waals surface area contributed by atoms with Crippen LogP contribution in [0.2, 0.25) is 0 Å². The van der Waals surface area contributed by atoms with Gasteiger partial charge in [0.05, 0.1) is 25.8 Å². The molecule has 0 atom stereocenters. The first kappa shape index (κ1) is 19.7. The largest absolute Gasteiger partial charge is 0.467 e. The van der Waals surface area contributed by atoms with E-state index in [9.17, 15) is 4.79 Å². The van der Waals surface area contributed by atoms with Crippen molar-refractivity contribution in [3.05, 3.63) is 63.5 Å². The van der Waals surface area contributed by atoms with Gasteiger partial charge in [-0.25, -0.2) is 9.50 Å². The van der Waals surface area contributed by atoms with Gasteiger partial charge in [-0.1, -0.05) is 17.8 Å². The van der Waals surface area contributed by atoms with E-state index in [1.807, 2.05) is 54.6 Å². The monoisotopic (exact) mass is 427 g/mol. The molecule has 4 rings (SSSR count). The van der Waals surface area contributed by atoms with Gasteiger partial charge in [-0.05, 0) is 43.7 Å². The fourth-order valence-electron chi connectivity index (χ4n) is 3.21. The Morgan fingerprint density at radius 2 is 2.10 bits per heavy atom. The van der Waals surface area contributed by atoms with E-state index in [0.29, 0.717) is 24.0 Å². The van der Waals surface area contributed by atoms with E-state index in [2.05, 4.69) is 15.1 Å². The Morgan fingerprint density at radius 1 is 1.24 bits per heavy atom. The fourth-order valence-corrected chi connectivity index (χ4v) is 4.26. The number of carbonyl (C=O) groups is 1. The molecular formula is C20H21N5O2S2. The number of aromatic nitrogens is 4. The van der Waals surface area contributed by atoms with E-state index in [-0.39, 0.29) is 12.3 Å². The Kier molecular flexibility index (Phi) is 5.68. The molecule has 0 aromatic carbocycles. The molecule has 0 fully saturated rings. The number of carbonyl (C=O) groups excluding carboxylic acids is 1. The molecule has 0 saturated carbocycles. The molecule has 0 radical (unpaired) electrons. The number of hydrogen-bond donors (Lipinski definition) is 0. The van der Waals surface area contributed by atoms with Crippen molar-refractivity contribution in [1.82, 2.24) is 24.5 Å². The van der Waals surface area contributed by atoms with Gasteiger partial charge >= 0.3 is 0 Å². The third-order valence-electron chi connectivity index (χ3n) is 4.75. The average Bonchev–Trinajstić information content (AvgIpc) is 3.46. The van der Waals surface area contributed by atoms with Crippen LogP contribution in [0.25, 0.3) is 5.78 Å². The Balaban J connectivity index is 1.62. The first-order valence-electron chi connectivity index (χ1n) is 9.14. The number of thiophene rings is 1. The zero-order chi connectivity index (χ0) is 20.4. The predicted octanol–water partition coefficient (Wildman–Crippen LogP) is 3.89. The molecule has 4 aromatic rings. The van der Waals surface area contributed by atoms with Crippen LogP contribution in [0.1, 0.15) is 27.6 Å². The Bertz CT molecular complexity index is 1080. The van der Waals surface area contributed by atoms with Crippen molar-refractivity contribution in [1.29, 1.82) is 0 Å². The lowest BCUT2D eigenvalue weighted by Crippen LogP contribution is -2.31. The van der Waals surface area contributed by atoms with Gasteiger partial charge in [-0.3, -0.25) is 4.79 Å². The lowest BCUT2D eigenvalue weighted by molar-refractivity contribution is -0.132. The molecule has 0 N–H and O–H groups in total. The number of aryl methyl sites for hydroxylation is 2. The second-order valence-corrected chi connectivity index (χ2v) is 8.46. The number of rotatable bonds is 7. The molecule has 29 heavy (non-hydrogen) atoms. The van der Waals surface area contributed by atoms with Gasteiger partial charge < -0.3 is 9.32 Å². The van der Waals surface area contributed by atoms with Crippen LogP contribution in [-0.2, 0) is 24.3 Å². The van der Waals surface area contributed by atoms with Crippen LogP contribution >= 0.6 is 23.1 Å². The first-order valence-corrected chi connectivity index (χ1v) is 11.2. The summed E-state index contributed by atoms with van der Waals surface area (Å²) < 4.78 is 7.20. The molecule has 0 bridgehead atoms. The highest BCUT2D eigenvalue weighted by Gasteiger charge is 2.21. The molecule has 4 aromatic heterocycles. The summed E-state index contributed by atoms with van der Waals surface area (Å²) in [6, 6.07) is 7.76. The Labute approximate surface area is 176 Å². The third kappa shape index (κ3) is 4.20. The molecule has 0 aliphatic rings. The second kappa shape index (κ2) is 8.38. The van der Waals surface area contributed by atoms with Crippen molar-refractivity contribution in [3.63, 3.8) is 0 Å². The third-order valence-corrected chi connectivity index (χ3v) is 6.15. The summed E-state index contributed by atoms with van der Waals surface area (Å²) in [6.07, 6.45) is 3.81. The second-order valence-electron chi connectivity index (χ2n) is 6.66. The van der Waals surface area contributed by atoms with E-state index in [1.54, 1.807) is 22.1 Å². The van der Waals surface area contributed by atoms with Crippen molar-refractivity contribution in [2.75, 3.05) is 6.26 Å². The maximum atomic E-state index is 13.3.